The predicted octanol–water partition coefficient (Wildman–Crippen LogP) is 4.98. The van der Waals surface area contributed by atoms with E-state index < -0.39 is 11.6 Å². The molecule has 3 heteroatoms. The van der Waals surface area contributed by atoms with E-state index in [0.29, 0.717) is 5.92 Å². The minimum absolute atomic E-state index is 0.146. The number of hydrogen-bond donors (Lipinski definition) is 1. The Hall–Kier alpha value is -0.960. The molecule has 1 nitrogen and oxygen atoms in total. The molecule has 112 valence electrons. The maximum atomic E-state index is 13.5. The van der Waals surface area contributed by atoms with Crippen molar-refractivity contribution in [3.63, 3.8) is 0 Å². The summed E-state index contributed by atoms with van der Waals surface area (Å²) in [6.45, 7) is 2.91. The van der Waals surface area contributed by atoms with Gasteiger partial charge in [-0.1, -0.05) is 45.1 Å². The van der Waals surface area contributed by atoms with Crippen LogP contribution in [0.3, 0.4) is 0 Å². The molecule has 1 aliphatic carbocycles. The van der Waals surface area contributed by atoms with E-state index in [1.807, 2.05) is 0 Å². The van der Waals surface area contributed by atoms with Crippen molar-refractivity contribution in [3.05, 3.63) is 35.4 Å². The highest BCUT2D eigenvalue weighted by Gasteiger charge is 2.23. The smallest absolute Gasteiger partial charge is 0.159 e. The van der Waals surface area contributed by atoms with Gasteiger partial charge in [-0.2, -0.15) is 0 Å². The molecule has 0 amide bonds. The molecular weight excluding hydrogens is 256 g/mol. The highest BCUT2D eigenvalue weighted by molar-refractivity contribution is 5.22. The van der Waals surface area contributed by atoms with E-state index in [0.717, 1.165) is 12.1 Å². The molecule has 1 aromatic carbocycles. The van der Waals surface area contributed by atoms with E-state index in [1.165, 1.54) is 57.1 Å². The molecule has 0 bridgehead atoms. The number of rotatable bonds is 4. The second-order valence-corrected chi connectivity index (χ2v) is 5.81. The Bertz CT molecular complexity index is 411. The van der Waals surface area contributed by atoms with Gasteiger partial charge in [0.1, 0.15) is 0 Å². The van der Waals surface area contributed by atoms with Gasteiger partial charge in [-0.15, -0.1) is 0 Å². The summed E-state index contributed by atoms with van der Waals surface area (Å²) in [5.74, 6) is -0.974. The second kappa shape index (κ2) is 7.72. The van der Waals surface area contributed by atoms with Gasteiger partial charge in [-0.25, -0.2) is 8.78 Å². The lowest BCUT2D eigenvalue weighted by atomic mass is 9.83. The minimum Gasteiger partial charge on any atom is -0.310 e. The van der Waals surface area contributed by atoms with E-state index in [2.05, 4.69) is 12.2 Å². The van der Waals surface area contributed by atoms with Crippen LogP contribution in [0.5, 0.6) is 0 Å². The van der Waals surface area contributed by atoms with Gasteiger partial charge >= 0.3 is 0 Å². The highest BCUT2D eigenvalue weighted by atomic mass is 19.2. The fraction of sp³-hybridized carbons (Fsp3) is 0.647. The number of hydrogen-bond acceptors (Lipinski definition) is 1. The number of halogens is 2. The molecule has 20 heavy (non-hydrogen) atoms. The van der Waals surface area contributed by atoms with Gasteiger partial charge in [0.15, 0.2) is 11.6 Å². The van der Waals surface area contributed by atoms with Crippen molar-refractivity contribution in [2.24, 2.45) is 5.92 Å². The zero-order valence-corrected chi connectivity index (χ0v) is 12.3. The normalized spacial score (nSPS) is 19.4. The molecule has 0 saturated heterocycles. The van der Waals surface area contributed by atoms with Gasteiger partial charge in [0.2, 0.25) is 0 Å². The van der Waals surface area contributed by atoms with Gasteiger partial charge in [0, 0.05) is 6.04 Å². The molecule has 1 aliphatic rings. The van der Waals surface area contributed by atoms with Crippen LogP contribution in [0.15, 0.2) is 18.2 Å². The van der Waals surface area contributed by atoms with Crippen LogP contribution >= 0.6 is 0 Å². The lowest BCUT2D eigenvalue weighted by Gasteiger charge is -2.30. The largest absolute Gasteiger partial charge is 0.310 e. The Kier molecular flexibility index (Phi) is 5.96. The first-order chi connectivity index (χ1) is 9.72. The van der Waals surface area contributed by atoms with Gasteiger partial charge < -0.3 is 5.32 Å². The standard InChI is InChI=1S/C17H25F2N/c1-2-20-17(13-8-6-4-3-5-7-9-13)14-10-11-15(18)16(19)12-14/h10-13,17,20H,2-9H2,1H3. The van der Waals surface area contributed by atoms with Crippen molar-refractivity contribution in [2.45, 2.75) is 57.9 Å². The Balaban J connectivity index is 2.17. The first kappa shape index (κ1) is 15.4. The zero-order valence-electron chi connectivity index (χ0n) is 12.3. The van der Waals surface area contributed by atoms with Crippen molar-refractivity contribution < 1.29 is 8.78 Å². The van der Waals surface area contributed by atoms with E-state index >= 15 is 0 Å². The van der Waals surface area contributed by atoms with Crippen LogP contribution in [-0.4, -0.2) is 6.54 Å². The highest BCUT2D eigenvalue weighted by Crippen LogP contribution is 2.33. The van der Waals surface area contributed by atoms with Gasteiger partial charge in [-0.05, 0) is 43.0 Å². The van der Waals surface area contributed by atoms with Crippen molar-refractivity contribution in [1.82, 2.24) is 5.32 Å². The molecule has 1 fully saturated rings. The summed E-state index contributed by atoms with van der Waals surface area (Å²) in [5, 5.41) is 3.47. The monoisotopic (exact) mass is 281 g/mol. The zero-order chi connectivity index (χ0) is 14.4. The summed E-state index contributed by atoms with van der Waals surface area (Å²) in [7, 11) is 0. The SMILES string of the molecule is CCNC(c1ccc(F)c(F)c1)C1CCCCCCC1. The molecule has 1 N–H and O–H groups in total. The molecule has 1 saturated carbocycles. The van der Waals surface area contributed by atoms with Gasteiger partial charge in [-0.3, -0.25) is 0 Å². The van der Waals surface area contributed by atoms with E-state index in [-0.39, 0.29) is 6.04 Å². The second-order valence-electron chi connectivity index (χ2n) is 5.81. The summed E-state index contributed by atoms with van der Waals surface area (Å²) in [6, 6.07) is 4.48. The maximum Gasteiger partial charge on any atom is 0.159 e. The van der Waals surface area contributed by atoms with E-state index in [4.69, 9.17) is 0 Å². The van der Waals surface area contributed by atoms with Crippen LogP contribution in [-0.2, 0) is 0 Å². The van der Waals surface area contributed by atoms with Crippen molar-refractivity contribution in [1.29, 1.82) is 0 Å². The molecule has 1 aromatic rings. The number of nitrogens with one attached hydrogen (secondary N) is 1. The number of benzene rings is 1. The Morgan fingerprint density at radius 1 is 1.05 bits per heavy atom. The quantitative estimate of drug-likeness (QED) is 0.821. The summed E-state index contributed by atoms with van der Waals surface area (Å²) < 4.78 is 26.6. The topological polar surface area (TPSA) is 12.0 Å². The summed E-state index contributed by atoms with van der Waals surface area (Å²) >= 11 is 0. The van der Waals surface area contributed by atoms with Crippen molar-refractivity contribution in [3.8, 4) is 0 Å². The van der Waals surface area contributed by atoms with Crippen molar-refractivity contribution in [2.75, 3.05) is 6.54 Å². The molecule has 0 aromatic heterocycles. The third-order valence-electron chi connectivity index (χ3n) is 4.35. The van der Waals surface area contributed by atoms with Crippen LogP contribution in [0.1, 0.15) is 63.5 Å². The lowest BCUT2D eigenvalue weighted by Crippen LogP contribution is -2.29. The van der Waals surface area contributed by atoms with Crippen LogP contribution in [0, 0.1) is 17.6 Å². The molecule has 0 aliphatic heterocycles. The fourth-order valence-corrected chi connectivity index (χ4v) is 3.30. The van der Waals surface area contributed by atoms with Gasteiger partial charge in [0.25, 0.3) is 0 Å². The Morgan fingerprint density at radius 3 is 2.30 bits per heavy atom. The Morgan fingerprint density at radius 2 is 1.70 bits per heavy atom. The molecule has 0 heterocycles. The molecule has 1 unspecified atom stereocenters. The van der Waals surface area contributed by atoms with Crippen LogP contribution in [0.2, 0.25) is 0 Å². The minimum atomic E-state index is -0.762. The molecule has 2 rings (SSSR count). The third-order valence-corrected chi connectivity index (χ3v) is 4.35. The molecule has 0 spiro atoms. The fourth-order valence-electron chi connectivity index (χ4n) is 3.30. The van der Waals surface area contributed by atoms with Crippen LogP contribution in [0.25, 0.3) is 0 Å². The van der Waals surface area contributed by atoms with Gasteiger partial charge in [0.05, 0.1) is 0 Å². The first-order valence-corrected chi connectivity index (χ1v) is 7.90. The average Bonchev–Trinajstić information content (AvgIpc) is 2.40. The summed E-state index contributed by atoms with van der Waals surface area (Å²) in [4.78, 5) is 0. The van der Waals surface area contributed by atoms with E-state index in [1.54, 1.807) is 6.07 Å². The summed E-state index contributed by atoms with van der Waals surface area (Å²) in [6.07, 6.45) is 8.78. The van der Waals surface area contributed by atoms with Crippen LogP contribution in [0.4, 0.5) is 8.78 Å². The maximum absolute atomic E-state index is 13.5. The van der Waals surface area contributed by atoms with E-state index in [9.17, 15) is 8.78 Å². The Labute approximate surface area is 120 Å². The summed E-state index contributed by atoms with van der Waals surface area (Å²) in [5.41, 5.74) is 0.885. The molecule has 0 radical (unpaired) electrons. The van der Waals surface area contributed by atoms with Crippen LogP contribution < -0.4 is 5.32 Å². The third kappa shape index (κ3) is 4.02. The molecular formula is C17H25F2N. The van der Waals surface area contributed by atoms with Crippen molar-refractivity contribution >= 4 is 0 Å². The molecule has 1 atom stereocenters. The first-order valence-electron chi connectivity index (χ1n) is 7.90. The average molecular weight is 281 g/mol. The lowest BCUT2D eigenvalue weighted by molar-refractivity contribution is 0.290. The predicted molar refractivity (Wildman–Crippen MR) is 78.6 cm³/mol.